The van der Waals surface area contributed by atoms with Crippen molar-refractivity contribution in [2.75, 3.05) is 26.2 Å². The Kier molecular flexibility index (Phi) is 3.09. The molecular weight excluding hydrogens is 184 g/mol. The van der Waals surface area contributed by atoms with Crippen molar-refractivity contribution in [2.24, 2.45) is 5.41 Å². The summed E-state index contributed by atoms with van der Waals surface area (Å²) in [6.07, 6.45) is 5.43. The topological polar surface area (TPSA) is 15.3 Å². The molecule has 15 heavy (non-hydrogen) atoms. The van der Waals surface area contributed by atoms with Crippen molar-refractivity contribution in [3.63, 3.8) is 0 Å². The van der Waals surface area contributed by atoms with Crippen LogP contribution in [0.25, 0.3) is 0 Å². The molecule has 2 heteroatoms. The van der Waals surface area contributed by atoms with E-state index in [0.29, 0.717) is 11.0 Å². The molecule has 0 saturated carbocycles. The molecule has 88 valence electrons. The van der Waals surface area contributed by atoms with Gasteiger partial charge >= 0.3 is 0 Å². The van der Waals surface area contributed by atoms with Crippen LogP contribution in [0.15, 0.2) is 0 Å². The largest absolute Gasteiger partial charge is 0.316 e. The van der Waals surface area contributed by atoms with Crippen molar-refractivity contribution in [3.05, 3.63) is 0 Å². The molecule has 1 N–H and O–H groups in total. The summed E-state index contributed by atoms with van der Waals surface area (Å²) in [5, 5.41) is 3.53. The van der Waals surface area contributed by atoms with Crippen LogP contribution in [0.4, 0.5) is 0 Å². The fourth-order valence-electron chi connectivity index (χ4n) is 3.37. The molecule has 1 atom stereocenters. The number of hydrogen-bond donors (Lipinski definition) is 1. The van der Waals surface area contributed by atoms with Gasteiger partial charge in [-0.15, -0.1) is 0 Å². The lowest BCUT2D eigenvalue weighted by Crippen LogP contribution is -2.43. The summed E-state index contributed by atoms with van der Waals surface area (Å²) in [6.45, 7) is 12.3. The smallest absolute Gasteiger partial charge is 0.0153 e. The zero-order valence-electron chi connectivity index (χ0n) is 10.6. The molecule has 0 amide bonds. The highest BCUT2D eigenvalue weighted by Crippen LogP contribution is 2.39. The number of likely N-dealkylation sites (tertiary alicyclic amines) is 1. The Hall–Kier alpha value is -0.0800. The first kappa shape index (κ1) is 11.4. The molecule has 2 nitrogen and oxygen atoms in total. The minimum Gasteiger partial charge on any atom is -0.316 e. The first-order chi connectivity index (χ1) is 7.08. The summed E-state index contributed by atoms with van der Waals surface area (Å²) in [6, 6.07) is 0. The molecule has 2 fully saturated rings. The maximum Gasteiger partial charge on any atom is 0.0153 e. The van der Waals surface area contributed by atoms with Gasteiger partial charge in [0.2, 0.25) is 0 Å². The first-order valence-electron chi connectivity index (χ1n) is 6.54. The molecule has 0 aromatic carbocycles. The van der Waals surface area contributed by atoms with Crippen LogP contribution in [0.1, 0.15) is 46.5 Å². The predicted octanol–water partition coefficient (Wildman–Crippen LogP) is 2.25. The fourth-order valence-corrected chi connectivity index (χ4v) is 3.37. The Balaban J connectivity index is 1.96. The van der Waals surface area contributed by atoms with Gasteiger partial charge in [-0.05, 0) is 51.6 Å². The maximum absolute atomic E-state index is 3.53. The lowest BCUT2D eigenvalue weighted by molar-refractivity contribution is 0.125. The molecule has 1 unspecified atom stereocenters. The summed E-state index contributed by atoms with van der Waals surface area (Å²) in [4.78, 5) is 2.73. The number of rotatable bonds is 3. The molecule has 2 aliphatic heterocycles. The van der Waals surface area contributed by atoms with Gasteiger partial charge in [-0.2, -0.15) is 0 Å². The summed E-state index contributed by atoms with van der Waals surface area (Å²) in [5.41, 5.74) is 1.05. The van der Waals surface area contributed by atoms with Crippen LogP contribution in [0.3, 0.4) is 0 Å². The maximum atomic E-state index is 3.53. The quantitative estimate of drug-likeness (QED) is 0.768. The normalized spacial score (nSPS) is 33.0. The van der Waals surface area contributed by atoms with E-state index in [-0.39, 0.29) is 0 Å². The van der Waals surface area contributed by atoms with E-state index in [4.69, 9.17) is 0 Å². The predicted molar refractivity (Wildman–Crippen MR) is 65.1 cm³/mol. The van der Waals surface area contributed by atoms with Gasteiger partial charge in [0.05, 0.1) is 0 Å². The average Bonchev–Trinajstić information content (AvgIpc) is 2.77. The molecule has 0 aliphatic carbocycles. The molecule has 0 aromatic heterocycles. The fraction of sp³-hybridized carbons (Fsp3) is 1.00. The van der Waals surface area contributed by atoms with Gasteiger partial charge < -0.3 is 5.32 Å². The van der Waals surface area contributed by atoms with E-state index >= 15 is 0 Å². The van der Waals surface area contributed by atoms with E-state index in [2.05, 4.69) is 31.0 Å². The molecule has 1 spiro atoms. The van der Waals surface area contributed by atoms with Crippen LogP contribution >= 0.6 is 0 Å². The molecule has 2 saturated heterocycles. The monoisotopic (exact) mass is 210 g/mol. The Morgan fingerprint density at radius 1 is 1.33 bits per heavy atom. The van der Waals surface area contributed by atoms with Gasteiger partial charge in [0.1, 0.15) is 0 Å². The highest BCUT2D eigenvalue weighted by atomic mass is 15.2. The Morgan fingerprint density at radius 3 is 2.73 bits per heavy atom. The Morgan fingerprint density at radius 2 is 2.13 bits per heavy atom. The second-order valence-electron chi connectivity index (χ2n) is 6.16. The van der Waals surface area contributed by atoms with Gasteiger partial charge in [-0.1, -0.05) is 13.3 Å². The second kappa shape index (κ2) is 4.06. The van der Waals surface area contributed by atoms with E-state index < -0.39 is 0 Å². The lowest BCUT2D eigenvalue weighted by atomic mass is 9.86. The third-order valence-corrected chi connectivity index (χ3v) is 4.49. The first-order valence-corrected chi connectivity index (χ1v) is 6.54. The minimum atomic E-state index is 0.418. The minimum absolute atomic E-state index is 0.418. The SMILES string of the molecule is CCCC(C)(C)N1CCC2(CCNC2)C1. The van der Waals surface area contributed by atoms with Crippen LogP contribution in [0, 0.1) is 5.41 Å². The van der Waals surface area contributed by atoms with Crippen molar-refractivity contribution in [3.8, 4) is 0 Å². The Labute approximate surface area is 94.4 Å². The van der Waals surface area contributed by atoms with E-state index in [0.717, 1.165) is 0 Å². The van der Waals surface area contributed by atoms with Crippen LogP contribution in [-0.4, -0.2) is 36.6 Å². The van der Waals surface area contributed by atoms with Crippen molar-refractivity contribution < 1.29 is 0 Å². The second-order valence-corrected chi connectivity index (χ2v) is 6.16. The zero-order chi connectivity index (χ0) is 10.9. The van der Waals surface area contributed by atoms with Gasteiger partial charge in [-0.3, -0.25) is 4.90 Å². The third-order valence-electron chi connectivity index (χ3n) is 4.49. The van der Waals surface area contributed by atoms with Crippen LogP contribution in [0.5, 0.6) is 0 Å². The summed E-state index contributed by atoms with van der Waals surface area (Å²) < 4.78 is 0. The van der Waals surface area contributed by atoms with Gasteiger partial charge in [0, 0.05) is 18.6 Å². The summed E-state index contributed by atoms with van der Waals surface area (Å²) in [7, 11) is 0. The van der Waals surface area contributed by atoms with Crippen LogP contribution in [0.2, 0.25) is 0 Å². The molecule has 2 rings (SSSR count). The number of hydrogen-bond acceptors (Lipinski definition) is 2. The van der Waals surface area contributed by atoms with Crippen LogP contribution < -0.4 is 5.32 Å². The lowest BCUT2D eigenvalue weighted by Gasteiger charge is -2.36. The molecule has 2 aliphatic rings. The van der Waals surface area contributed by atoms with Gasteiger partial charge in [-0.25, -0.2) is 0 Å². The molecule has 0 radical (unpaired) electrons. The molecule has 0 aromatic rings. The number of nitrogens with one attached hydrogen (secondary N) is 1. The zero-order valence-corrected chi connectivity index (χ0v) is 10.6. The Bertz CT molecular complexity index is 217. The molecular formula is C13H26N2. The van der Waals surface area contributed by atoms with Gasteiger partial charge in [0.25, 0.3) is 0 Å². The van der Waals surface area contributed by atoms with E-state index in [9.17, 15) is 0 Å². The summed E-state index contributed by atoms with van der Waals surface area (Å²) >= 11 is 0. The van der Waals surface area contributed by atoms with E-state index in [1.54, 1.807) is 0 Å². The van der Waals surface area contributed by atoms with Crippen molar-refractivity contribution in [2.45, 2.75) is 52.0 Å². The highest BCUT2D eigenvalue weighted by Gasteiger charge is 2.43. The van der Waals surface area contributed by atoms with Crippen molar-refractivity contribution in [1.29, 1.82) is 0 Å². The van der Waals surface area contributed by atoms with Crippen molar-refractivity contribution in [1.82, 2.24) is 10.2 Å². The van der Waals surface area contributed by atoms with E-state index in [1.165, 1.54) is 51.9 Å². The summed E-state index contributed by atoms with van der Waals surface area (Å²) in [5.74, 6) is 0. The number of nitrogens with zero attached hydrogens (tertiary/aromatic N) is 1. The third kappa shape index (κ3) is 2.21. The molecule has 2 heterocycles. The van der Waals surface area contributed by atoms with Crippen LogP contribution in [-0.2, 0) is 0 Å². The van der Waals surface area contributed by atoms with E-state index in [1.807, 2.05) is 0 Å². The van der Waals surface area contributed by atoms with Gasteiger partial charge in [0.15, 0.2) is 0 Å². The standard InChI is InChI=1S/C13H26N2/c1-4-5-12(2,3)15-9-7-13(11-15)6-8-14-10-13/h14H,4-11H2,1-3H3. The molecule has 0 bridgehead atoms. The average molecular weight is 210 g/mol. The highest BCUT2D eigenvalue weighted by molar-refractivity contribution is 4.99. The van der Waals surface area contributed by atoms with Crippen molar-refractivity contribution >= 4 is 0 Å².